The highest BCUT2D eigenvalue weighted by molar-refractivity contribution is 5.95. The lowest BCUT2D eigenvalue weighted by Gasteiger charge is -2.25. The molecule has 0 saturated heterocycles. The van der Waals surface area contributed by atoms with Crippen LogP contribution in [-0.2, 0) is 32.8 Å². The molecular weight excluding hydrogens is 680 g/mol. The molecule has 0 spiro atoms. The van der Waals surface area contributed by atoms with E-state index in [-0.39, 0.29) is 55.5 Å². The largest absolute Gasteiger partial charge is 0.488 e. The molecule has 0 heterocycles. The smallest absolute Gasteiger partial charge is 0.339 e. The molecule has 274 valence electrons. The number of hydrogen-bond acceptors (Lipinski definition) is 6. The summed E-state index contributed by atoms with van der Waals surface area (Å²) in [6, 6.07) is 40.0. The van der Waals surface area contributed by atoms with E-state index in [1.54, 1.807) is 26.8 Å². The van der Waals surface area contributed by atoms with Crippen LogP contribution in [-0.4, -0.2) is 22.2 Å². The molecule has 0 radical (unpaired) electrons. The molecule has 8 nitrogen and oxygen atoms in total. The average molecular weight is 723 g/mol. The first-order valence-electron chi connectivity index (χ1n) is 17.7. The number of aromatic carboxylic acids is 2. The van der Waals surface area contributed by atoms with E-state index >= 15 is 0 Å². The maximum Gasteiger partial charge on any atom is 0.339 e. The van der Waals surface area contributed by atoms with E-state index in [0.717, 1.165) is 22.3 Å². The van der Waals surface area contributed by atoms with Crippen LogP contribution in [0, 0.1) is 20.8 Å². The Morgan fingerprint density at radius 3 is 1.28 bits per heavy atom. The fraction of sp³-hybridized carbons (Fsp3) is 0.174. The van der Waals surface area contributed by atoms with Gasteiger partial charge in [0.15, 0.2) is 0 Å². The summed E-state index contributed by atoms with van der Waals surface area (Å²) in [5.41, 5.74) is 5.92. The molecule has 6 aromatic carbocycles. The first-order valence-corrected chi connectivity index (χ1v) is 17.7. The minimum absolute atomic E-state index is 0.00427. The predicted molar refractivity (Wildman–Crippen MR) is 207 cm³/mol. The quantitative estimate of drug-likeness (QED) is 0.102. The van der Waals surface area contributed by atoms with Crippen molar-refractivity contribution in [3.8, 4) is 23.0 Å². The number of ether oxygens (including phenoxy) is 4. The maximum absolute atomic E-state index is 13.1. The minimum Gasteiger partial charge on any atom is -0.488 e. The highest BCUT2D eigenvalue weighted by Gasteiger charge is 2.30. The van der Waals surface area contributed by atoms with Crippen LogP contribution in [0.15, 0.2) is 127 Å². The van der Waals surface area contributed by atoms with E-state index in [0.29, 0.717) is 39.3 Å². The highest BCUT2D eigenvalue weighted by Crippen LogP contribution is 2.44. The van der Waals surface area contributed by atoms with Crippen LogP contribution in [0.5, 0.6) is 23.0 Å². The molecule has 0 aliphatic carbocycles. The Balaban J connectivity index is 1.53. The van der Waals surface area contributed by atoms with Crippen molar-refractivity contribution in [3.05, 3.63) is 189 Å². The van der Waals surface area contributed by atoms with Crippen LogP contribution in [0.1, 0.15) is 70.8 Å². The number of aryl methyl sites for hydroxylation is 1. The van der Waals surface area contributed by atoms with Crippen LogP contribution < -0.4 is 18.9 Å². The lowest BCUT2D eigenvalue weighted by atomic mass is 9.89. The summed E-state index contributed by atoms with van der Waals surface area (Å²) in [5.74, 6) is -1.13. The van der Waals surface area contributed by atoms with Gasteiger partial charge in [0.2, 0.25) is 0 Å². The van der Waals surface area contributed by atoms with Crippen molar-refractivity contribution < 1.29 is 38.7 Å². The molecule has 2 N–H and O–H groups in total. The summed E-state index contributed by atoms with van der Waals surface area (Å²) in [7, 11) is 0. The number of carboxylic acid groups (broad SMARTS) is 2. The zero-order valence-electron chi connectivity index (χ0n) is 30.5. The fourth-order valence-corrected chi connectivity index (χ4v) is 6.47. The van der Waals surface area contributed by atoms with Gasteiger partial charge in [-0.15, -0.1) is 0 Å². The summed E-state index contributed by atoms with van der Waals surface area (Å²) < 4.78 is 25.8. The molecule has 54 heavy (non-hydrogen) atoms. The van der Waals surface area contributed by atoms with Crippen LogP contribution >= 0.6 is 0 Å². The second kappa shape index (κ2) is 17.3. The molecule has 0 fully saturated rings. The number of rotatable bonds is 16. The Morgan fingerprint density at radius 1 is 0.463 bits per heavy atom. The van der Waals surface area contributed by atoms with Gasteiger partial charge in [0, 0.05) is 23.1 Å². The monoisotopic (exact) mass is 722 g/mol. The Bertz CT molecular complexity index is 2220. The second-order valence-electron chi connectivity index (χ2n) is 13.0. The third-order valence-corrected chi connectivity index (χ3v) is 9.25. The molecule has 0 saturated carbocycles. The summed E-state index contributed by atoms with van der Waals surface area (Å²) in [4.78, 5) is 26.0. The van der Waals surface area contributed by atoms with Gasteiger partial charge in [-0.3, -0.25) is 0 Å². The number of carboxylic acids is 2. The highest BCUT2D eigenvalue weighted by atomic mass is 16.5. The van der Waals surface area contributed by atoms with Gasteiger partial charge in [-0.25, -0.2) is 9.59 Å². The van der Waals surface area contributed by atoms with Gasteiger partial charge in [-0.1, -0.05) is 121 Å². The van der Waals surface area contributed by atoms with E-state index in [1.165, 1.54) is 0 Å². The molecule has 0 unspecified atom stereocenters. The average Bonchev–Trinajstić information content (AvgIpc) is 3.18. The Labute approximate surface area is 315 Å². The molecule has 0 aliphatic heterocycles. The van der Waals surface area contributed by atoms with Crippen LogP contribution in [0.4, 0.5) is 0 Å². The lowest BCUT2D eigenvalue weighted by molar-refractivity contribution is 0.0679. The summed E-state index contributed by atoms with van der Waals surface area (Å²) >= 11 is 0. The Hall–Kier alpha value is -6.54. The van der Waals surface area contributed by atoms with E-state index in [1.807, 2.05) is 121 Å². The zero-order valence-corrected chi connectivity index (χ0v) is 30.5. The van der Waals surface area contributed by atoms with Gasteiger partial charge in [-0.05, 0) is 60.2 Å². The normalized spacial score (nSPS) is 10.8. The molecule has 0 aliphatic rings. The molecule has 0 aromatic heterocycles. The van der Waals surface area contributed by atoms with Gasteiger partial charge < -0.3 is 29.2 Å². The summed E-state index contributed by atoms with van der Waals surface area (Å²) in [6.07, 6.45) is 0.0326. The number of carbonyl (C=O) groups is 2. The first kappa shape index (κ1) is 37.2. The molecule has 6 aromatic rings. The number of hydrogen-bond donors (Lipinski definition) is 2. The first-order chi connectivity index (χ1) is 26.2. The minimum atomic E-state index is -1.16. The van der Waals surface area contributed by atoms with Gasteiger partial charge in [0.1, 0.15) is 60.6 Å². The predicted octanol–water partition coefficient (Wildman–Crippen LogP) is 9.92. The second-order valence-corrected chi connectivity index (χ2v) is 13.0. The topological polar surface area (TPSA) is 112 Å². The maximum atomic E-state index is 13.1. The Morgan fingerprint density at radius 2 is 0.852 bits per heavy atom. The molecule has 0 amide bonds. The van der Waals surface area contributed by atoms with Crippen molar-refractivity contribution in [1.82, 2.24) is 0 Å². The van der Waals surface area contributed by atoms with Gasteiger partial charge >= 0.3 is 11.9 Å². The molecule has 6 rings (SSSR count). The summed E-state index contributed by atoms with van der Waals surface area (Å²) in [5, 5.41) is 21.3. The van der Waals surface area contributed by atoms with E-state index in [2.05, 4.69) is 0 Å². The summed E-state index contributed by atoms with van der Waals surface area (Å²) in [6.45, 7) is 5.87. The van der Waals surface area contributed by atoms with E-state index in [4.69, 9.17) is 18.9 Å². The van der Waals surface area contributed by atoms with Crippen LogP contribution in [0.25, 0.3) is 0 Å². The Kier molecular flexibility index (Phi) is 11.9. The van der Waals surface area contributed by atoms with Crippen molar-refractivity contribution in [2.75, 3.05) is 0 Å². The third-order valence-electron chi connectivity index (χ3n) is 9.25. The SMILES string of the molecule is Cc1cc(OCc2ccccc2)c(Cc2c(C)c(C(=O)O)c(OCc3ccccc3)c(C)c2OCc2ccccc2)c(OCc2ccccc2)c1C(=O)O. The zero-order chi connectivity index (χ0) is 38.0. The van der Waals surface area contributed by atoms with Crippen molar-refractivity contribution >= 4 is 11.9 Å². The molecule has 8 heteroatoms. The van der Waals surface area contributed by atoms with E-state index in [9.17, 15) is 19.8 Å². The van der Waals surface area contributed by atoms with Crippen molar-refractivity contribution in [3.63, 3.8) is 0 Å². The van der Waals surface area contributed by atoms with Crippen LogP contribution in [0.2, 0.25) is 0 Å². The van der Waals surface area contributed by atoms with Gasteiger partial charge in [0.25, 0.3) is 0 Å². The molecule has 0 atom stereocenters. The third kappa shape index (κ3) is 8.73. The van der Waals surface area contributed by atoms with Crippen LogP contribution in [0.3, 0.4) is 0 Å². The molecule has 0 bridgehead atoms. The number of benzene rings is 6. The van der Waals surface area contributed by atoms with Crippen molar-refractivity contribution in [2.45, 2.75) is 53.6 Å². The lowest BCUT2D eigenvalue weighted by Crippen LogP contribution is -2.15. The van der Waals surface area contributed by atoms with Gasteiger partial charge in [0.05, 0.1) is 0 Å². The van der Waals surface area contributed by atoms with Crippen molar-refractivity contribution in [1.29, 1.82) is 0 Å². The van der Waals surface area contributed by atoms with E-state index < -0.39 is 11.9 Å². The van der Waals surface area contributed by atoms with Gasteiger partial charge in [-0.2, -0.15) is 0 Å². The standard InChI is InChI=1S/C46H42O8/c1-30-24-39(51-26-33-16-8-4-9-17-33)38(44(40(30)45(47)48)54-29-36-22-14-7-15-23-36)25-37-31(2)41(46(49)50)43(53-28-35-20-12-6-13-21-35)32(3)42(37)52-27-34-18-10-5-11-19-34/h4-24H,25-29H2,1-3H3,(H,47,48)(H,49,50). The van der Waals surface area contributed by atoms with Crippen molar-refractivity contribution in [2.24, 2.45) is 0 Å². The fourth-order valence-electron chi connectivity index (χ4n) is 6.47. The molecular formula is C46H42O8.